The quantitative estimate of drug-likeness (QED) is 0.529. The normalized spacial score (nSPS) is 49.7. The van der Waals surface area contributed by atoms with Gasteiger partial charge < -0.3 is 11.1 Å². The maximum absolute atomic E-state index is 7.45. The largest absolute Gasteiger partial charge is 0.325 e. The molecule has 0 amide bonds. The monoisotopic (exact) mass is 206 g/mol. The van der Waals surface area contributed by atoms with Crippen molar-refractivity contribution in [3.63, 3.8) is 0 Å². The van der Waals surface area contributed by atoms with Gasteiger partial charge in [0.15, 0.2) is 0 Å². The molecule has 2 nitrogen and oxygen atoms in total. The van der Waals surface area contributed by atoms with Crippen LogP contribution < -0.4 is 5.73 Å². The van der Waals surface area contributed by atoms with Crippen LogP contribution in [0, 0.1) is 22.7 Å². The van der Waals surface area contributed by atoms with Gasteiger partial charge in [-0.2, -0.15) is 0 Å². The number of fused-ring (bicyclic) bond motifs is 2. The fraction of sp³-hybridized carbons (Fsp3) is 0.769. The number of hydrogen-bond acceptors (Lipinski definition) is 2. The average Bonchev–Trinajstić information content (AvgIpc) is 2.14. The molecule has 0 saturated heterocycles. The first kappa shape index (κ1) is 10.9. The van der Waals surface area contributed by atoms with Crippen molar-refractivity contribution >= 4 is 6.21 Å². The minimum Gasteiger partial charge on any atom is -0.325 e. The molecule has 2 aliphatic carbocycles. The molecule has 15 heavy (non-hydrogen) atoms. The van der Waals surface area contributed by atoms with E-state index in [2.05, 4.69) is 19.6 Å². The van der Waals surface area contributed by atoms with E-state index in [0.717, 1.165) is 25.7 Å². The first-order valence-electron chi connectivity index (χ1n) is 5.92. The molecule has 0 aliphatic heterocycles. The Balaban J connectivity index is 2.24. The van der Waals surface area contributed by atoms with Gasteiger partial charge in [-0.05, 0) is 62.5 Å². The Morgan fingerprint density at radius 2 is 2.13 bits per heavy atom. The highest BCUT2D eigenvalue weighted by atomic mass is 14.8. The second-order valence-electron chi connectivity index (χ2n) is 6.04. The van der Waals surface area contributed by atoms with Gasteiger partial charge in [-0.1, -0.05) is 6.08 Å². The number of nitrogens with two attached hydrogens (primary N) is 1. The number of hydrogen-bond donors (Lipinski definition) is 2. The second kappa shape index (κ2) is 3.44. The van der Waals surface area contributed by atoms with Gasteiger partial charge in [-0.15, -0.1) is 6.58 Å². The summed E-state index contributed by atoms with van der Waals surface area (Å²) in [4.78, 5) is 0. The lowest BCUT2D eigenvalue weighted by atomic mass is 9.55. The summed E-state index contributed by atoms with van der Waals surface area (Å²) in [5.74, 6) is 1.16. The molecule has 2 saturated carbocycles. The summed E-state index contributed by atoms with van der Waals surface area (Å²) in [5, 5.41) is 7.45. The molecule has 84 valence electrons. The van der Waals surface area contributed by atoms with Crippen molar-refractivity contribution in [3.05, 3.63) is 12.7 Å². The van der Waals surface area contributed by atoms with Crippen LogP contribution in [-0.2, 0) is 0 Å². The van der Waals surface area contributed by atoms with Gasteiger partial charge in [0.2, 0.25) is 0 Å². The van der Waals surface area contributed by atoms with E-state index in [9.17, 15) is 0 Å². The van der Waals surface area contributed by atoms with E-state index in [1.807, 2.05) is 0 Å². The van der Waals surface area contributed by atoms with Gasteiger partial charge in [-0.3, -0.25) is 0 Å². The molecule has 2 fully saturated rings. The summed E-state index contributed by atoms with van der Waals surface area (Å²) in [5.41, 5.74) is 6.50. The standard InChI is InChI=1S/C13H22N2/c1-3-13-6-10(4-11(7-13)8-14)5-12(2,15)9-13/h3,8,10-11,14H,1,4-7,9,15H2,2H3. The maximum Gasteiger partial charge on any atom is 0.0136 e. The zero-order valence-electron chi connectivity index (χ0n) is 9.63. The van der Waals surface area contributed by atoms with E-state index in [1.54, 1.807) is 6.21 Å². The third kappa shape index (κ3) is 2.00. The molecule has 4 atom stereocenters. The predicted molar refractivity (Wildman–Crippen MR) is 64.1 cm³/mol. The van der Waals surface area contributed by atoms with Crippen LogP contribution in [0.2, 0.25) is 0 Å². The number of nitrogens with one attached hydrogen (secondary N) is 1. The van der Waals surface area contributed by atoms with Crippen LogP contribution >= 0.6 is 0 Å². The van der Waals surface area contributed by atoms with Crippen LogP contribution in [0.4, 0.5) is 0 Å². The highest BCUT2D eigenvalue weighted by molar-refractivity contribution is 5.57. The number of rotatable bonds is 2. The minimum absolute atomic E-state index is 0.0237. The molecule has 2 rings (SSSR count). The Morgan fingerprint density at radius 1 is 1.40 bits per heavy atom. The average molecular weight is 206 g/mol. The van der Waals surface area contributed by atoms with Gasteiger partial charge in [0.1, 0.15) is 0 Å². The molecule has 2 bridgehead atoms. The van der Waals surface area contributed by atoms with E-state index in [1.165, 1.54) is 6.42 Å². The van der Waals surface area contributed by atoms with E-state index < -0.39 is 0 Å². The van der Waals surface area contributed by atoms with E-state index >= 15 is 0 Å². The Hall–Kier alpha value is -0.630. The van der Waals surface area contributed by atoms with Gasteiger partial charge in [0.25, 0.3) is 0 Å². The lowest BCUT2D eigenvalue weighted by Gasteiger charge is -2.52. The maximum atomic E-state index is 7.45. The van der Waals surface area contributed by atoms with Crippen molar-refractivity contribution in [3.8, 4) is 0 Å². The van der Waals surface area contributed by atoms with Crippen LogP contribution in [0.5, 0.6) is 0 Å². The van der Waals surface area contributed by atoms with Crippen LogP contribution in [0.1, 0.15) is 39.0 Å². The third-order valence-electron chi connectivity index (χ3n) is 4.18. The minimum atomic E-state index is -0.0237. The smallest absolute Gasteiger partial charge is 0.0136 e. The van der Waals surface area contributed by atoms with Crippen molar-refractivity contribution in [1.82, 2.24) is 0 Å². The molecular weight excluding hydrogens is 184 g/mol. The van der Waals surface area contributed by atoms with Crippen molar-refractivity contribution in [2.75, 3.05) is 0 Å². The first-order chi connectivity index (χ1) is 6.99. The van der Waals surface area contributed by atoms with Crippen LogP contribution in [0.15, 0.2) is 12.7 Å². The van der Waals surface area contributed by atoms with Crippen LogP contribution in [0.3, 0.4) is 0 Å². The highest BCUT2D eigenvalue weighted by Crippen LogP contribution is 2.53. The zero-order valence-corrected chi connectivity index (χ0v) is 9.63. The Kier molecular flexibility index (Phi) is 2.50. The van der Waals surface area contributed by atoms with Crippen LogP contribution in [-0.4, -0.2) is 11.8 Å². The topological polar surface area (TPSA) is 49.9 Å². The van der Waals surface area contributed by atoms with Crippen molar-refractivity contribution < 1.29 is 0 Å². The van der Waals surface area contributed by atoms with Crippen molar-refractivity contribution in [1.29, 1.82) is 5.41 Å². The van der Waals surface area contributed by atoms with E-state index in [4.69, 9.17) is 11.1 Å². The van der Waals surface area contributed by atoms with E-state index in [0.29, 0.717) is 11.8 Å². The van der Waals surface area contributed by atoms with Crippen LogP contribution in [0.25, 0.3) is 0 Å². The predicted octanol–water partition coefficient (Wildman–Crippen LogP) is 2.74. The zero-order chi connectivity index (χ0) is 11.1. The summed E-state index contributed by atoms with van der Waals surface area (Å²) in [6.45, 7) is 6.17. The SMILES string of the molecule is C=CC12CC(C=N)CC(CC(C)(N)C1)C2. The lowest BCUT2D eigenvalue weighted by molar-refractivity contribution is 0.0549. The molecule has 0 heterocycles. The molecule has 0 aromatic carbocycles. The third-order valence-corrected chi connectivity index (χ3v) is 4.18. The van der Waals surface area contributed by atoms with Gasteiger partial charge >= 0.3 is 0 Å². The molecule has 2 heteroatoms. The molecule has 2 aliphatic rings. The molecule has 0 aromatic rings. The Morgan fingerprint density at radius 3 is 2.73 bits per heavy atom. The van der Waals surface area contributed by atoms with Crippen molar-refractivity contribution in [2.45, 2.75) is 44.6 Å². The summed E-state index contributed by atoms with van der Waals surface area (Å²) < 4.78 is 0. The number of allylic oxidation sites excluding steroid dienone is 1. The Bertz CT molecular complexity index is 282. The fourth-order valence-corrected chi connectivity index (χ4v) is 3.98. The molecule has 0 spiro atoms. The fourth-order valence-electron chi connectivity index (χ4n) is 3.98. The van der Waals surface area contributed by atoms with Gasteiger partial charge in [-0.25, -0.2) is 0 Å². The van der Waals surface area contributed by atoms with Crippen molar-refractivity contribution in [2.24, 2.45) is 23.0 Å². The molecule has 0 radical (unpaired) electrons. The first-order valence-corrected chi connectivity index (χ1v) is 5.92. The molecule has 0 aromatic heterocycles. The summed E-state index contributed by atoms with van der Waals surface area (Å²) in [7, 11) is 0. The summed E-state index contributed by atoms with van der Waals surface area (Å²) >= 11 is 0. The second-order valence-corrected chi connectivity index (χ2v) is 6.04. The lowest BCUT2D eigenvalue weighted by Crippen LogP contribution is -2.51. The molecule has 3 N–H and O–H groups in total. The molecular formula is C13H22N2. The van der Waals surface area contributed by atoms with Gasteiger partial charge in [0.05, 0.1) is 0 Å². The highest BCUT2D eigenvalue weighted by Gasteiger charge is 2.47. The van der Waals surface area contributed by atoms with Gasteiger partial charge in [0, 0.05) is 5.54 Å². The summed E-state index contributed by atoms with van der Waals surface area (Å²) in [6.07, 6.45) is 9.39. The Labute approximate surface area is 92.4 Å². The molecule has 4 unspecified atom stereocenters. The summed E-state index contributed by atoms with van der Waals surface area (Å²) in [6, 6.07) is 0. The van der Waals surface area contributed by atoms with E-state index in [-0.39, 0.29) is 11.0 Å².